The van der Waals surface area contributed by atoms with Crippen molar-refractivity contribution in [2.45, 2.75) is 85.3 Å². The Kier molecular flexibility index (Phi) is 15.5. The van der Waals surface area contributed by atoms with E-state index in [-0.39, 0.29) is 30.1 Å². The molecule has 1 aliphatic rings. The number of amides is 1. The summed E-state index contributed by atoms with van der Waals surface area (Å²) in [6.07, 6.45) is 5.36. The van der Waals surface area contributed by atoms with Gasteiger partial charge in [0.05, 0.1) is 0 Å². The molecule has 0 aromatic carbocycles. The van der Waals surface area contributed by atoms with Gasteiger partial charge >= 0.3 is 6.09 Å². The van der Waals surface area contributed by atoms with Crippen molar-refractivity contribution >= 4 is 36.0 Å². The lowest BCUT2D eigenvalue weighted by Crippen LogP contribution is -2.45. The average Bonchev–Trinajstić information content (AvgIpc) is 2.69. The second-order valence-corrected chi connectivity index (χ2v) is 9.44. The number of ether oxygens (including phenoxy) is 1. The lowest BCUT2D eigenvalue weighted by Gasteiger charge is -2.34. The Balaban J connectivity index is 0.00000900. The van der Waals surface area contributed by atoms with Crippen LogP contribution < -0.4 is 10.6 Å². The number of nitrogens with zero attached hydrogens (tertiary/aromatic N) is 3. The zero-order chi connectivity index (χ0) is 22.6. The van der Waals surface area contributed by atoms with Crippen molar-refractivity contribution in [3.8, 4) is 0 Å². The fraction of sp³-hybridized carbons (Fsp3) is 0.913. The van der Waals surface area contributed by atoms with Crippen LogP contribution in [0.3, 0.4) is 0 Å². The summed E-state index contributed by atoms with van der Waals surface area (Å²) >= 11 is 0. The molecular weight excluding hydrogens is 505 g/mol. The molecule has 0 aromatic rings. The highest BCUT2D eigenvalue weighted by Crippen LogP contribution is 2.21. The summed E-state index contributed by atoms with van der Waals surface area (Å²) in [7, 11) is 1.82. The Labute approximate surface area is 208 Å². The molecule has 31 heavy (non-hydrogen) atoms. The minimum atomic E-state index is -0.439. The summed E-state index contributed by atoms with van der Waals surface area (Å²) in [6, 6.07) is 0.393. The van der Waals surface area contributed by atoms with Crippen molar-refractivity contribution in [1.29, 1.82) is 0 Å². The maximum atomic E-state index is 12.3. The van der Waals surface area contributed by atoms with E-state index in [1.807, 2.05) is 32.7 Å². The van der Waals surface area contributed by atoms with E-state index in [1.165, 1.54) is 6.42 Å². The Morgan fingerprint density at radius 1 is 1.29 bits per heavy atom. The van der Waals surface area contributed by atoms with E-state index in [0.717, 1.165) is 70.9 Å². The molecule has 7 nitrogen and oxygen atoms in total. The van der Waals surface area contributed by atoms with Crippen LogP contribution in [0.25, 0.3) is 0 Å². The Morgan fingerprint density at radius 2 is 1.97 bits per heavy atom. The first kappa shape index (κ1) is 30.2. The average molecular weight is 554 g/mol. The fourth-order valence-electron chi connectivity index (χ4n) is 3.85. The smallest absolute Gasteiger partial charge is 0.410 e. The van der Waals surface area contributed by atoms with Gasteiger partial charge in [-0.25, -0.2) is 4.79 Å². The molecular formula is C23H48IN5O2. The molecule has 0 saturated carbocycles. The van der Waals surface area contributed by atoms with E-state index in [9.17, 15) is 4.79 Å². The molecule has 0 spiro atoms. The first-order chi connectivity index (χ1) is 14.2. The predicted molar refractivity (Wildman–Crippen MR) is 142 cm³/mol. The Morgan fingerprint density at radius 3 is 2.55 bits per heavy atom. The van der Waals surface area contributed by atoms with Crippen LogP contribution in [0.1, 0.15) is 73.6 Å². The molecule has 1 fully saturated rings. The number of carbonyl (C=O) groups excluding carboxylic acids is 1. The Hall–Kier alpha value is -0.770. The molecule has 2 atom stereocenters. The molecule has 1 amide bonds. The van der Waals surface area contributed by atoms with Gasteiger partial charge in [0.2, 0.25) is 0 Å². The van der Waals surface area contributed by atoms with Crippen LogP contribution in [0.15, 0.2) is 4.99 Å². The molecule has 1 rings (SSSR count). The molecule has 2 unspecified atom stereocenters. The molecule has 0 bridgehead atoms. The highest BCUT2D eigenvalue weighted by Gasteiger charge is 2.27. The first-order valence-corrected chi connectivity index (χ1v) is 11.9. The maximum absolute atomic E-state index is 12.3. The highest BCUT2D eigenvalue weighted by molar-refractivity contribution is 14.0. The van der Waals surface area contributed by atoms with Crippen LogP contribution in [0.5, 0.6) is 0 Å². The number of hydrogen-bond donors (Lipinski definition) is 2. The summed E-state index contributed by atoms with van der Waals surface area (Å²) in [4.78, 5) is 21.0. The molecule has 1 heterocycles. The van der Waals surface area contributed by atoms with E-state index in [4.69, 9.17) is 4.74 Å². The molecule has 0 aliphatic carbocycles. The quantitative estimate of drug-likeness (QED) is 0.240. The second-order valence-electron chi connectivity index (χ2n) is 9.44. The van der Waals surface area contributed by atoms with Crippen LogP contribution in [-0.4, -0.2) is 79.8 Å². The number of carbonyl (C=O) groups is 1. The zero-order valence-corrected chi connectivity index (χ0v) is 23.3. The number of likely N-dealkylation sites (tertiary alicyclic amines) is 1. The van der Waals surface area contributed by atoms with Gasteiger partial charge in [-0.15, -0.1) is 24.0 Å². The van der Waals surface area contributed by atoms with Crippen molar-refractivity contribution in [2.75, 3.05) is 46.3 Å². The number of aliphatic imine (C=N–C) groups is 1. The van der Waals surface area contributed by atoms with Crippen molar-refractivity contribution < 1.29 is 9.53 Å². The SMILES string of the molecule is CCN(CC)CCCC(C)NC(=NC)NCCC1CCCN(C(=O)OC(C)(C)C)C1.I. The molecule has 0 radical (unpaired) electrons. The van der Waals surface area contributed by atoms with Crippen molar-refractivity contribution in [3.05, 3.63) is 0 Å². The van der Waals surface area contributed by atoms with E-state index in [1.54, 1.807) is 0 Å². The van der Waals surface area contributed by atoms with E-state index < -0.39 is 5.60 Å². The molecule has 8 heteroatoms. The van der Waals surface area contributed by atoms with E-state index >= 15 is 0 Å². The standard InChI is InChI=1S/C23H47N5O2.HI/c1-8-27(9-2)16-10-12-19(3)26-21(24-7)25-15-14-20-13-11-17-28(18-20)22(29)30-23(4,5)6;/h19-20H,8-18H2,1-7H3,(H2,24,25,26);1H. The highest BCUT2D eigenvalue weighted by atomic mass is 127. The number of guanidine groups is 1. The number of nitrogens with one attached hydrogen (secondary N) is 2. The van der Waals surface area contributed by atoms with Gasteiger partial charge in [-0.2, -0.15) is 0 Å². The maximum Gasteiger partial charge on any atom is 0.410 e. The fourth-order valence-corrected chi connectivity index (χ4v) is 3.85. The van der Waals surface area contributed by atoms with Gasteiger partial charge < -0.3 is 25.2 Å². The van der Waals surface area contributed by atoms with Gasteiger partial charge in [0.1, 0.15) is 5.60 Å². The second kappa shape index (κ2) is 15.9. The number of hydrogen-bond acceptors (Lipinski definition) is 4. The van der Waals surface area contributed by atoms with Gasteiger partial charge in [-0.05, 0) is 85.4 Å². The summed E-state index contributed by atoms with van der Waals surface area (Å²) in [5, 5.41) is 6.95. The lowest BCUT2D eigenvalue weighted by atomic mass is 9.95. The topological polar surface area (TPSA) is 69.2 Å². The zero-order valence-electron chi connectivity index (χ0n) is 21.0. The minimum absolute atomic E-state index is 0. The normalized spacial score (nSPS) is 18.4. The molecule has 2 N–H and O–H groups in total. The van der Waals surface area contributed by atoms with Crippen molar-refractivity contribution in [1.82, 2.24) is 20.4 Å². The van der Waals surface area contributed by atoms with Crippen molar-refractivity contribution in [3.63, 3.8) is 0 Å². The molecule has 0 aromatic heterocycles. The molecule has 1 aliphatic heterocycles. The van der Waals surface area contributed by atoms with Gasteiger partial charge in [-0.3, -0.25) is 4.99 Å². The summed E-state index contributed by atoms with van der Waals surface area (Å²) in [6.45, 7) is 18.2. The van der Waals surface area contributed by atoms with E-state index in [2.05, 4.69) is 41.3 Å². The van der Waals surface area contributed by atoms with Gasteiger partial charge in [0.25, 0.3) is 0 Å². The lowest BCUT2D eigenvalue weighted by molar-refractivity contribution is 0.0162. The van der Waals surface area contributed by atoms with Gasteiger partial charge in [0.15, 0.2) is 5.96 Å². The van der Waals surface area contributed by atoms with Gasteiger partial charge in [0, 0.05) is 32.7 Å². The molecule has 184 valence electrons. The van der Waals surface area contributed by atoms with Crippen LogP contribution >= 0.6 is 24.0 Å². The summed E-state index contributed by atoms with van der Waals surface area (Å²) < 4.78 is 5.53. The van der Waals surface area contributed by atoms with Crippen LogP contribution in [0, 0.1) is 5.92 Å². The largest absolute Gasteiger partial charge is 0.444 e. The summed E-state index contributed by atoms with van der Waals surface area (Å²) in [5.74, 6) is 1.37. The van der Waals surface area contributed by atoms with Crippen molar-refractivity contribution in [2.24, 2.45) is 10.9 Å². The Bertz CT molecular complexity index is 521. The van der Waals surface area contributed by atoms with Crippen LogP contribution in [0.4, 0.5) is 4.79 Å². The number of piperidine rings is 1. The third-order valence-corrected chi connectivity index (χ3v) is 5.63. The van der Waals surface area contributed by atoms with E-state index in [0.29, 0.717) is 12.0 Å². The first-order valence-electron chi connectivity index (χ1n) is 11.9. The predicted octanol–water partition coefficient (Wildman–Crippen LogP) is 4.32. The van der Waals surface area contributed by atoms with Gasteiger partial charge in [-0.1, -0.05) is 13.8 Å². The summed E-state index contributed by atoms with van der Waals surface area (Å²) in [5.41, 5.74) is -0.439. The third kappa shape index (κ3) is 13.4. The monoisotopic (exact) mass is 553 g/mol. The number of rotatable bonds is 10. The molecule has 1 saturated heterocycles. The van der Waals surface area contributed by atoms with Crippen LogP contribution in [0.2, 0.25) is 0 Å². The number of halogens is 1. The minimum Gasteiger partial charge on any atom is -0.444 e. The van der Waals surface area contributed by atoms with Crippen LogP contribution in [-0.2, 0) is 4.74 Å². The third-order valence-electron chi connectivity index (χ3n) is 5.63.